The molecule has 11 nitrogen and oxygen atoms in total. The summed E-state index contributed by atoms with van der Waals surface area (Å²) in [6.07, 6.45) is 3.65. The van der Waals surface area contributed by atoms with Crippen LogP contribution in [-0.2, 0) is 19.2 Å². The van der Waals surface area contributed by atoms with Crippen LogP contribution in [0.1, 0.15) is 43.7 Å². The van der Waals surface area contributed by atoms with Gasteiger partial charge in [0.15, 0.2) is 0 Å². The van der Waals surface area contributed by atoms with Gasteiger partial charge in [0.05, 0.1) is 0 Å². The summed E-state index contributed by atoms with van der Waals surface area (Å²) < 4.78 is 0. The molecule has 175 valence electrons. The van der Waals surface area contributed by atoms with Crippen LogP contribution < -0.4 is 16.4 Å². The van der Waals surface area contributed by atoms with Crippen LogP contribution in [0.3, 0.4) is 0 Å². The van der Waals surface area contributed by atoms with E-state index in [2.05, 4.69) is 20.5 Å². The molecule has 0 spiro atoms. The molecule has 0 saturated carbocycles. The van der Waals surface area contributed by atoms with Gasteiger partial charge in [-0.2, -0.15) is 0 Å². The maximum atomic E-state index is 12.2. The number of carboxylic acid groups (broad SMARTS) is 2. The lowest BCUT2D eigenvalue weighted by molar-refractivity contribution is -0.143. The average molecular weight is 449 g/mol. The van der Waals surface area contributed by atoms with Gasteiger partial charge in [-0.1, -0.05) is 6.07 Å². The number of aromatic nitrogens is 1. The van der Waals surface area contributed by atoms with E-state index >= 15 is 0 Å². The Hall–Kier alpha value is -3.05. The van der Waals surface area contributed by atoms with Gasteiger partial charge >= 0.3 is 11.9 Å². The third-order valence-corrected chi connectivity index (χ3v) is 5.60. The highest BCUT2D eigenvalue weighted by Crippen LogP contribution is 2.35. The van der Waals surface area contributed by atoms with Gasteiger partial charge in [-0.3, -0.25) is 24.3 Å². The second-order valence-electron chi connectivity index (χ2n) is 7.99. The third kappa shape index (κ3) is 7.57. The molecule has 0 aliphatic carbocycles. The lowest BCUT2D eigenvalue weighted by Gasteiger charge is -2.25. The van der Waals surface area contributed by atoms with Gasteiger partial charge < -0.3 is 20.8 Å². The van der Waals surface area contributed by atoms with Gasteiger partial charge in [0.1, 0.15) is 12.1 Å². The van der Waals surface area contributed by atoms with Crippen LogP contribution in [0, 0.1) is 5.92 Å². The van der Waals surface area contributed by atoms with Crippen molar-refractivity contribution in [2.75, 3.05) is 20.1 Å². The highest BCUT2D eigenvalue weighted by Gasteiger charge is 2.33. The van der Waals surface area contributed by atoms with E-state index in [4.69, 9.17) is 15.9 Å². The van der Waals surface area contributed by atoms with Crippen LogP contribution in [0.25, 0.3) is 0 Å². The van der Waals surface area contributed by atoms with E-state index in [1.807, 2.05) is 25.4 Å². The highest BCUT2D eigenvalue weighted by atomic mass is 16.4. The number of nitrogens with one attached hydrogen (secondary N) is 3. The van der Waals surface area contributed by atoms with Crippen molar-refractivity contribution in [2.24, 2.45) is 5.92 Å². The second-order valence-corrected chi connectivity index (χ2v) is 7.99. The van der Waals surface area contributed by atoms with E-state index in [9.17, 15) is 19.2 Å². The normalized spacial score (nSPS) is 20.3. The smallest absolute Gasteiger partial charge is 0.326 e. The molecule has 2 amide bonds. The third-order valence-electron chi connectivity index (χ3n) is 5.60. The predicted octanol–water partition coefficient (Wildman–Crippen LogP) is 0.0565. The van der Waals surface area contributed by atoms with Gasteiger partial charge in [-0.05, 0) is 50.4 Å². The van der Waals surface area contributed by atoms with Gasteiger partial charge in [0.25, 0.3) is 0 Å². The Kier molecular flexibility index (Phi) is 9.54. The molecule has 1 aliphatic rings. The summed E-state index contributed by atoms with van der Waals surface area (Å²) in [4.78, 5) is 52.5. The first-order valence-corrected chi connectivity index (χ1v) is 10.5. The van der Waals surface area contributed by atoms with Gasteiger partial charge in [-0.15, -0.1) is 0 Å². The van der Waals surface area contributed by atoms with E-state index in [0.29, 0.717) is 6.54 Å². The van der Waals surface area contributed by atoms with Crippen LogP contribution in [-0.4, -0.2) is 76.1 Å². The Labute approximate surface area is 186 Å². The molecule has 1 aromatic heterocycles. The molecule has 5 N–H and O–H groups in total. The van der Waals surface area contributed by atoms with Crippen molar-refractivity contribution in [1.29, 1.82) is 0 Å². The van der Waals surface area contributed by atoms with Crippen LogP contribution in [0.2, 0.25) is 0 Å². The minimum atomic E-state index is -1.39. The molecule has 32 heavy (non-hydrogen) atoms. The molecule has 2 rings (SSSR count). The molecule has 1 aromatic rings. The number of carboxylic acids is 2. The van der Waals surface area contributed by atoms with Crippen molar-refractivity contribution in [3.63, 3.8) is 0 Å². The maximum Gasteiger partial charge on any atom is 0.326 e. The Morgan fingerprint density at radius 1 is 1.25 bits per heavy atom. The van der Waals surface area contributed by atoms with E-state index < -0.39 is 36.4 Å². The summed E-state index contributed by atoms with van der Waals surface area (Å²) in [7, 11) is 2.03. The molecule has 2 heterocycles. The summed E-state index contributed by atoms with van der Waals surface area (Å²) in [6.45, 7) is 1.37. The summed E-state index contributed by atoms with van der Waals surface area (Å²) in [5, 5.41) is 22.8. The first-order valence-electron chi connectivity index (χ1n) is 10.5. The SMILES string of the molecule is CN1CCC(CNC(=O)CCC([NH])C(=O)NC(CCC(=O)O)C(=O)O)[C@H]1c1cccnc1. The zero-order chi connectivity index (χ0) is 23.7. The molecule has 1 saturated heterocycles. The van der Waals surface area contributed by atoms with Crippen molar-refractivity contribution in [3.8, 4) is 0 Å². The number of likely N-dealkylation sites (tertiary alicyclic amines) is 1. The molecule has 1 aliphatic heterocycles. The fourth-order valence-electron chi connectivity index (χ4n) is 3.85. The second kappa shape index (κ2) is 12.1. The number of hydrogen-bond acceptors (Lipinski definition) is 6. The molecule has 11 heteroatoms. The van der Waals surface area contributed by atoms with Crippen LogP contribution in [0.4, 0.5) is 0 Å². The van der Waals surface area contributed by atoms with Crippen LogP contribution in [0.5, 0.6) is 0 Å². The maximum absolute atomic E-state index is 12.2. The zero-order valence-electron chi connectivity index (χ0n) is 18.0. The van der Waals surface area contributed by atoms with Crippen molar-refractivity contribution in [2.45, 2.75) is 50.2 Å². The molecule has 3 unspecified atom stereocenters. The van der Waals surface area contributed by atoms with E-state index in [0.717, 1.165) is 18.5 Å². The Balaban J connectivity index is 1.77. The van der Waals surface area contributed by atoms with Crippen LogP contribution >= 0.6 is 0 Å². The van der Waals surface area contributed by atoms with Crippen LogP contribution in [0.15, 0.2) is 24.5 Å². The van der Waals surface area contributed by atoms with E-state index in [1.54, 1.807) is 6.20 Å². The quantitative estimate of drug-likeness (QED) is 0.347. The fourth-order valence-corrected chi connectivity index (χ4v) is 3.85. The van der Waals surface area contributed by atoms with E-state index in [-0.39, 0.29) is 37.1 Å². The number of pyridine rings is 1. The zero-order valence-corrected chi connectivity index (χ0v) is 18.0. The Morgan fingerprint density at radius 3 is 2.62 bits per heavy atom. The molecular formula is C21H30N5O6. The topological polar surface area (TPSA) is 173 Å². The number of carbonyl (C=O) groups excluding carboxylic acids is 2. The van der Waals surface area contributed by atoms with Crippen molar-refractivity contribution in [3.05, 3.63) is 30.1 Å². The molecule has 1 fully saturated rings. The van der Waals surface area contributed by atoms with Gasteiger partial charge in [-0.25, -0.2) is 10.5 Å². The van der Waals surface area contributed by atoms with Crippen molar-refractivity contribution in [1.82, 2.24) is 26.3 Å². The Bertz CT molecular complexity index is 805. The number of rotatable bonds is 12. The first kappa shape index (κ1) is 25.2. The monoisotopic (exact) mass is 448 g/mol. The minimum absolute atomic E-state index is 0.0471. The molecule has 0 bridgehead atoms. The van der Waals surface area contributed by atoms with Gasteiger partial charge in [0, 0.05) is 37.8 Å². The largest absolute Gasteiger partial charge is 0.481 e. The lowest BCUT2D eigenvalue weighted by Crippen LogP contribution is -2.46. The summed E-state index contributed by atoms with van der Waals surface area (Å²) in [6, 6.07) is 1.33. The standard InChI is InChI=1S/C21H30N5O6/c1-26-10-8-14(19(26)13-3-2-9-23-11-13)12-24-17(27)6-4-15(22)20(30)25-16(21(31)32)5-7-18(28)29/h2-3,9,11,14-16,19,22H,4-8,10,12H2,1H3,(H,24,27)(H,25,30)(H,28,29)(H,31,32)/t14?,15?,16?,19-/m1/s1. The number of amides is 2. The number of aliphatic carboxylic acids is 2. The van der Waals surface area contributed by atoms with Gasteiger partial charge in [0.2, 0.25) is 11.8 Å². The fraction of sp³-hybridized carbons (Fsp3) is 0.571. The number of carbonyl (C=O) groups is 4. The van der Waals surface area contributed by atoms with Crippen molar-refractivity contribution < 1.29 is 29.4 Å². The average Bonchev–Trinajstić information content (AvgIpc) is 3.13. The van der Waals surface area contributed by atoms with Crippen molar-refractivity contribution >= 4 is 23.8 Å². The molecule has 0 aromatic carbocycles. The Morgan fingerprint density at radius 2 is 2.00 bits per heavy atom. The summed E-state index contributed by atoms with van der Waals surface area (Å²) >= 11 is 0. The minimum Gasteiger partial charge on any atom is -0.481 e. The van der Waals surface area contributed by atoms with E-state index in [1.165, 1.54) is 0 Å². The molecule has 4 atom stereocenters. The summed E-state index contributed by atoms with van der Waals surface area (Å²) in [5.74, 6) is -3.45. The highest BCUT2D eigenvalue weighted by molar-refractivity contribution is 5.87. The number of nitrogens with zero attached hydrogens (tertiary/aromatic N) is 2. The summed E-state index contributed by atoms with van der Waals surface area (Å²) in [5.41, 5.74) is 8.97. The first-order chi connectivity index (χ1) is 15.2. The predicted molar refractivity (Wildman–Crippen MR) is 113 cm³/mol. The lowest BCUT2D eigenvalue weighted by atomic mass is 9.94. The molecule has 1 radical (unpaired) electrons. The molecular weight excluding hydrogens is 418 g/mol. The number of hydrogen-bond donors (Lipinski definition) is 4.